The minimum absolute atomic E-state index is 0.0114. The van der Waals surface area contributed by atoms with Crippen LogP contribution >= 0.6 is 0 Å². The van der Waals surface area contributed by atoms with Gasteiger partial charge in [-0.2, -0.15) is 0 Å². The Morgan fingerprint density at radius 3 is 2.74 bits per heavy atom. The van der Waals surface area contributed by atoms with Crippen LogP contribution < -0.4 is 10.1 Å². The fourth-order valence-corrected chi connectivity index (χ4v) is 2.44. The van der Waals surface area contributed by atoms with Crippen LogP contribution in [0.15, 0.2) is 12.1 Å². The Kier molecular flexibility index (Phi) is 3.22. The van der Waals surface area contributed by atoms with E-state index in [0.717, 1.165) is 16.8 Å². The van der Waals surface area contributed by atoms with Gasteiger partial charge in [0.15, 0.2) is 0 Å². The van der Waals surface area contributed by atoms with E-state index in [4.69, 9.17) is 9.84 Å². The van der Waals surface area contributed by atoms with Crippen molar-refractivity contribution in [1.29, 1.82) is 0 Å². The highest BCUT2D eigenvalue weighted by atomic mass is 16.5. The van der Waals surface area contributed by atoms with E-state index in [1.165, 1.54) is 0 Å². The van der Waals surface area contributed by atoms with E-state index in [2.05, 4.69) is 5.32 Å². The van der Waals surface area contributed by atoms with Crippen LogP contribution in [0.3, 0.4) is 0 Å². The van der Waals surface area contributed by atoms with E-state index in [-0.39, 0.29) is 12.3 Å². The van der Waals surface area contributed by atoms with Crippen molar-refractivity contribution >= 4 is 17.6 Å². The third-order valence-corrected chi connectivity index (χ3v) is 3.37. The molecule has 0 bridgehead atoms. The SMILES string of the molecule is COc1cc2c(c(C(C)(C)CC(=O)O)c1)NC(=O)C2. The molecule has 102 valence electrons. The quantitative estimate of drug-likeness (QED) is 0.870. The molecule has 19 heavy (non-hydrogen) atoms. The van der Waals surface area contributed by atoms with Gasteiger partial charge >= 0.3 is 5.97 Å². The number of amides is 1. The first-order valence-corrected chi connectivity index (χ1v) is 6.06. The number of carboxylic acids is 1. The first kappa shape index (κ1) is 13.4. The lowest BCUT2D eigenvalue weighted by molar-refractivity contribution is -0.138. The van der Waals surface area contributed by atoms with Crippen LogP contribution in [0.1, 0.15) is 31.4 Å². The zero-order valence-electron chi connectivity index (χ0n) is 11.2. The monoisotopic (exact) mass is 263 g/mol. The van der Waals surface area contributed by atoms with Gasteiger partial charge < -0.3 is 15.2 Å². The van der Waals surface area contributed by atoms with Crippen molar-refractivity contribution in [2.45, 2.75) is 32.1 Å². The number of methoxy groups -OCH3 is 1. The third-order valence-electron chi connectivity index (χ3n) is 3.37. The molecular formula is C14H17NO4. The molecule has 1 aliphatic rings. The van der Waals surface area contributed by atoms with Gasteiger partial charge in [-0.3, -0.25) is 9.59 Å². The van der Waals surface area contributed by atoms with Gasteiger partial charge in [0.1, 0.15) is 5.75 Å². The highest BCUT2D eigenvalue weighted by Gasteiger charge is 2.32. The molecular weight excluding hydrogens is 246 g/mol. The summed E-state index contributed by atoms with van der Waals surface area (Å²) in [5, 5.41) is 11.8. The van der Waals surface area contributed by atoms with E-state index < -0.39 is 11.4 Å². The Morgan fingerprint density at radius 2 is 2.16 bits per heavy atom. The summed E-state index contributed by atoms with van der Waals surface area (Å²) >= 11 is 0. The molecule has 2 N–H and O–H groups in total. The van der Waals surface area contributed by atoms with Crippen molar-refractivity contribution in [1.82, 2.24) is 0 Å². The summed E-state index contributed by atoms with van der Waals surface area (Å²) in [5.74, 6) is -0.301. The molecule has 1 heterocycles. The van der Waals surface area contributed by atoms with Crippen LogP contribution in [0.4, 0.5) is 5.69 Å². The molecule has 0 fully saturated rings. The van der Waals surface area contributed by atoms with Crippen molar-refractivity contribution in [3.05, 3.63) is 23.3 Å². The van der Waals surface area contributed by atoms with E-state index >= 15 is 0 Å². The summed E-state index contributed by atoms with van der Waals surface area (Å²) < 4.78 is 5.23. The second-order valence-corrected chi connectivity index (χ2v) is 5.39. The fraction of sp³-hybridized carbons (Fsp3) is 0.429. The lowest BCUT2D eigenvalue weighted by Gasteiger charge is -2.26. The number of anilines is 1. The van der Waals surface area contributed by atoms with Crippen LogP contribution in [0, 0.1) is 0 Å². The largest absolute Gasteiger partial charge is 0.497 e. The number of benzene rings is 1. The molecule has 5 nitrogen and oxygen atoms in total. The third kappa shape index (κ3) is 2.54. The molecule has 0 spiro atoms. The molecule has 0 aromatic heterocycles. The van der Waals surface area contributed by atoms with Gasteiger partial charge in [0.05, 0.1) is 20.0 Å². The van der Waals surface area contributed by atoms with Crippen LogP contribution in [0.2, 0.25) is 0 Å². The van der Waals surface area contributed by atoms with Crippen molar-refractivity contribution in [2.75, 3.05) is 12.4 Å². The predicted molar refractivity (Wildman–Crippen MR) is 70.6 cm³/mol. The lowest BCUT2D eigenvalue weighted by atomic mass is 9.79. The van der Waals surface area contributed by atoms with E-state index in [1.54, 1.807) is 13.2 Å². The van der Waals surface area contributed by atoms with Crippen molar-refractivity contribution in [3.63, 3.8) is 0 Å². The normalized spacial score (nSPS) is 13.9. The Labute approximate surface area is 111 Å². The van der Waals surface area contributed by atoms with Gasteiger partial charge in [-0.15, -0.1) is 0 Å². The Morgan fingerprint density at radius 1 is 1.47 bits per heavy atom. The zero-order valence-corrected chi connectivity index (χ0v) is 11.2. The molecule has 1 aromatic rings. The Bertz CT molecular complexity index is 549. The number of hydrogen-bond acceptors (Lipinski definition) is 3. The fourth-order valence-electron chi connectivity index (χ4n) is 2.44. The standard InChI is InChI=1S/C14H17NO4/c1-14(2,7-12(17)18)10-6-9(19-3)4-8-5-11(16)15-13(8)10/h4,6H,5,7H2,1-3H3,(H,15,16)(H,17,18). The smallest absolute Gasteiger partial charge is 0.304 e. The topological polar surface area (TPSA) is 75.6 Å². The summed E-state index contributed by atoms with van der Waals surface area (Å²) in [6.45, 7) is 3.70. The van der Waals surface area contributed by atoms with Gasteiger partial charge in [0.2, 0.25) is 5.91 Å². The van der Waals surface area contributed by atoms with Crippen molar-refractivity contribution in [2.24, 2.45) is 0 Å². The molecule has 0 radical (unpaired) electrons. The molecule has 0 atom stereocenters. The maximum atomic E-state index is 11.5. The average Bonchev–Trinajstić information content (AvgIpc) is 2.65. The minimum Gasteiger partial charge on any atom is -0.497 e. The molecule has 0 saturated heterocycles. The Hall–Kier alpha value is -2.04. The van der Waals surface area contributed by atoms with Crippen LogP contribution in [-0.2, 0) is 21.4 Å². The summed E-state index contributed by atoms with van der Waals surface area (Å²) in [5.41, 5.74) is 1.81. The summed E-state index contributed by atoms with van der Waals surface area (Å²) in [6.07, 6.45) is 0.297. The summed E-state index contributed by atoms with van der Waals surface area (Å²) in [7, 11) is 1.56. The second-order valence-electron chi connectivity index (χ2n) is 5.39. The maximum Gasteiger partial charge on any atom is 0.304 e. The van der Waals surface area contributed by atoms with Gasteiger partial charge in [-0.1, -0.05) is 13.8 Å². The molecule has 0 aliphatic carbocycles. The number of rotatable bonds is 4. The number of ether oxygens (including phenoxy) is 1. The molecule has 1 aliphatic heterocycles. The van der Waals surface area contributed by atoms with E-state index in [9.17, 15) is 9.59 Å². The van der Waals surface area contributed by atoms with Crippen molar-refractivity contribution < 1.29 is 19.4 Å². The zero-order chi connectivity index (χ0) is 14.2. The highest BCUT2D eigenvalue weighted by Crippen LogP contribution is 2.40. The molecule has 5 heteroatoms. The minimum atomic E-state index is -0.870. The molecule has 0 saturated carbocycles. The molecule has 0 unspecified atom stereocenters. The lowest BCUT2D eigenvalue weighted by Crippen LogP contribution is -2.23. The first-order chi connectivity index (χ1) is 8.83. The van der Waals surface area contributed by atoms with Gasteiger partial charge in [0.25, 0.3) is 0 Å². The average molecular weight is 263 g/mol. The van der Waals surface area contributed by atoms with Crippen molar-refractivity contribution in [3.8, 4) is 5.75 Å². The second kappa shape index (κ2) is 4.57. The number of aliphatic carboxylic acids is 1. The number of nitrogens with one attached hydrogen (secondary N) is 1. The molecule has 1 aromatic carbocycles. The van der Waals surface area contributed by atoms with Gasteiger partial charge in [-0.05, 0) is 23.3 Å². The number of carboxylic acid groups (broad SMARTS) is 1. The van der Waals surface area contributed by atoms with Gasteiger partial charge in [0, 0.05) is 11.1 Å². The number of fused-ring (bicyclic) bond motifs is 1. The van der Waals surface area contributed by atoms with Crippen LogP contribution in [0.25, 0.3) is 0 Å². The van der Waals surface area contributed by atoms with Crippen LogP contribution in [-0.4, -0.2) is 24.1 Å². The molecule has 1 amide bonds. The predicted octanol–water partition coefficient (Wildman–Crippen LogP) is 1.94. The Balaban J connectivity index is 2.53. The van der Waals surface area contributed by atoms with Gasteiger partial charge in [-0.25, -0.2) is 0 Å². The summed E-state index contributed by atoms with van der Waals surface area (Å²) in [6, 6.07) is 3.61. The number of carbonyl (C=O) groups excluding carboxylic acids is 1. The maximum absolute atomic E-state index is 11.5. The highest BCUT2D eigenvalue weighted by molar-refractivity contribution is 6.00. The first-order valence-electron chi connectivity index (χ1n) is 6.06. The summed E-state index contributed by atoms with van der Waals surface area (Å²) in [4.78, 5) is 22.5. The number of carbonyl (C=O) groups is 2. The van der Waals surface area contributed by atoms with E-state index in [1.807, 2.05) is 19.9 Å². The van der Waals surface area contributed by atoms with E-state index in [0.29, 0.717) is 12.2 Å². The molecule has 2 rings (SSSR count). The number of hydrogen-bond donors (Lipinski definition) is 2. The van der Waals surface area contributed by atoms with Crippen LogP contribution in [0.5, 0.6) is 5.75 Å².